The summed E-state index contributed by atoms with van der Waals surface area (Å²) in [6.45, 7) is 7.34. The lowest BCUT2D eigenvalue weighted by Gasteiger charge is -2.31. The first-order chi connectivity index (χ1) is 10.2. The van der Waals surface area contributed by atoms with Gasteiger partial charge in [0.15, 0.2) is 0 Å². The number of halogens is 1. The van der Waals surface area contributed by atoms with E-state index in [0.29, 0.717) is 6.54 Å². The van der Waals surface area contributed by atoms with Gasteiger partial charge in [0, 0.05) is 12.6 Å². The zero-order chi connectivity index (χ0) is 15.7. The third-order valence-electron chi connectivity index (χ3n) is 3.82. The Balaban J connectivity index is 2.92. The Morgan fingerprint density at radius 3 is 2.24 bits per heavy atom. The monoisotopic (exact) mass is 356 g/mol. The van der Waals surface area contributed by atoms with Gasteiger partial charge < -0.3 is 10.5 Å². The van der Waals surface area contributed by atoms with Crippen molar-refractivity contribution in [2.45, 2.75) is 45.6 Å². The zero-order valence-corrected chi connectivity index (χ0v) is 15.2. The van der Waals surface area contributed by atoms with Crippen LogP contribution in [0.15, 0.2) is 22.7 Å². The first-order valence-electron chi connectivity index (χ1n) is 7.95. The minimum Gasteiger partial charge on any atom is -0.496 e. The molecule has 0 saturated carbocycles. The molecule has 1 rings (SSSR count). The second-order valence-corrected chi connectivity index (χ2v) is 6.24. The fraction of sp³-hybridized carbons (Fsp3) is 0.647. The van der Waals surface area contributed by atoms with E-state index in [2.05, 4.69) is 46.8 Å². The third kappa shape index (κ3) is 5.61. The Morgan fingerprint density at radius 2 is 1.81 bits per heavy atom. The maximum absolute atomic E-state index is 6.08. The molecule has 0 aromatic heterocycles. The summed E-state index contributed by atoms with van der Waals surface area (Å²) in [6, 6.07) is 6.57. The summed E-state index contributed by atoms with van der Waals surface area (Å²) in [5, 5.41) is 0. The zero-order valence-electron chi connectivity index (χ0n) is 13.6. The lowest BCUT2D eigenvalue weighted by molar-refractivity contribution is 0.195. The maximum atomic E-state index is 6.08. The van der Waals surface area contributed by atoms with Crippen LogP contribution in [0.2, 0.25) is 0 Å². The van der Waals surface area contributed by atoms with Crippen LogP contribution in [0.25, 0.3) is 0 Å². The van der Waals surface area contributed by atoms with Gasteiger partial charge >= 0.3 is 0 Å². The molecule has 0 aliphatic rings. The summed E-state index contributed by atoms with van der Waals surface area (Å²) in [7, 11) is 1.69. The highest BCUT2D eigenvalue weighted by atomic mass is 79.9. The fourth-order valence-electron chi connectivity index (χ4n) is 2.53. The molecule has 3 nitrogen and oxygen atoms in total. The molecule has 1 aromatic carbocycles. The molecule has 0 bridgehead atoms. The van der Waals surface area contributed by atoms with Crippen LogP contribution in [-0.4, -0.2) is 31.6 Å². The van der Waals surface area contributed by atoms with Gasteiger partial charge in [-0.25, -0.2) is 0 Å². The van der Waals surface area contributed by atoms with E-state index in [1.807, 2.05) is 6.07 Å². The fourth-order valence-corrected chi connectivity index (χ4v) is 3.09. The van der Waals surface area contributed by atoms with Crippen molar-refractivity contribution in [2.24, 2.45) is 5.73 Å². The SMILES string of the molecule is CCCCN(CCCC)C(CN)c1ccc(OC)c(Br)c1. The number of nitrogens with two attached hydrogens (primary N) is 1. The highest BCUT2D eigenvalue weighted by molar-refractivity contribution is 9.10. The Bertz CT molecular complexity index is 404. The number of nitrogens with zero attached hydrogens (tertiary/aromatic N) is 1. The molecule has 0 fully saturated rings. The van der Waals surface area contributed by atoms with Crippen molar-refractivity contribution in [3.05, 3.63) is 28.2 Å². The number of hydrogen-bond acceptors (Lipinski definition) is 3. The van der Waals surface area contributed by atoms with E-state index < -0.39 is 0 Å². The molecule has 21 heavy (non-hydrogen) atoms. The lowest BCUT2D eigenvalue weighted by atomic mass is 10.0. The number of methoxy groups -OCH3 is 1. The molecular weight excluding hydrogens is 328 g/mol. The van der Waals surface area contributed by atoms with Gasteiger partial charge in [-0.15, -0.1) is 0 Å². The minimum absolute atomic E-state index is 0.283. The number of benzene rings is 1. The molecule has 2 N–H and O–H groups in total. The summed E-state index contributed by atoms with van der Waals surface area (Å²) in [4.78, 5) is 2.53. The van der Waals surface area contributed by atoms with Crippen LogP contribution in [0.5, 0.6) is 5.75 Å². The summed E-state index contributed by atoms with van der Waals surface area (Å²) >= 11 is 3.57. The van der Waals surface area contributed by atoms with Crippen LogP contribution in [-0.2, 0) is 0 Å². The Kier molecular flexibility index (Phi) is 8.97. The predicted octanol–water partition coefficient (Wildman–Crippen LogP) is 4.36. The van der Waals surface area contributed by atoms with Crippen molar-refractivity contribution in [1.29, 1.82) is 0 Å². The largest absolute Gasteiger partial charge is 0.496 e. The van der Waals surface area contributed by atoms with Gasteiger partial charge in [-0.2, -0.15) is 0 Å². The molecule has 0 radical (unpaired) electrons. The van der Waals surface area contributed by atoms with E-state index in [9.17, 15) is 0 Å². The van der Waals surface area contributed by atoms with Crippen LogP contribution < -0.4 is 10.5 Å². The van der Waals surface area contributed by atoms with E-state index in [1.165, 1.54) is 31.2 Å². The molecule has 0 amide bonds. The Labute approximate surface area is 138 Å². The molecular formula is C17H29BrN2O. The molecule has 120 valence electrons. The normalized spacial score (nSPS) is 12.7. The smallest absolute Gasteiger partial charge is 0.133 e. The second kappa shape index (κ2) is 10.2. The van der Waals surface area contributed by atoms with Crippen molar-refractivity contribution in [2.75, 3.05) is 26.7 Å². The average Bonchev–Trinajstić information content (AvgIpc) is 2.50. The number of ether oxygens (including phenoxy) is 1. The molecule has 1 atom stereocenters. The van der Waals surface area contributed by atoms with Crippen molar-refractivity contribution in [1.82, 2.24) is 4.90 Å². The molecule has 0 spiro atoms. The van der Waals surface area contributed by atoms with Crippen LogP contribution in [0.3, 0.4) is 0 Å². The number of rotatable bonds is 10. The van der Waals surface area contributed by atoms with E-state index in [-0.39, 0.29) is 6.04 Å². The van der Waals surface area contributed by atoms with Crippen LogP contribution in [0.1, 0.15) is 51.1 Å². The van der Waals surface area contributed by atoms with Gasteiger partial charge in [-0.05, 0) is 59.6 Å². The summed E-state index contributed by atoms with van der Waals surface area (Å²) in [6.07, 6.45) is 4.87. The number of unbranched alkanes of at least 4 members (excludes halogenated alkanes) is 2. The maximum Gasteiger partial charge on any atom is 0.133 e. The third-order valence-corrected chi connectivity index (χ3v) is 4.44. The highest BCUT2D eigenvalue weighted by Crippen LogP contribution is 2.30. The van der Waals surface area contributed by atoms with E-state index >= 15 is 0 Å². The van der Waals surface area contributed by atoms with Crippen LogP contribution in [0, 0.1) is 0 Å². The summed E-state index contributed by atoms with van der Waals surface area (Å²) in [5.41, 5.74) is 7.34. The Hall–Kier alpha value is -0.580. The van der Waals surface area contributed by atoms with Gasteiger partial charge in [-0.3, -0.25) is 4.90 Å². The standard InChI is InChI=1S/C17H29BrN2O/c1-4-6-10-20(11-7-5-2)16(13-19)14-8-9-17(21-3)15(18)12-14/h8-9,12,16H,4-7,10-11,13,19H2,1-3H3. The molecule has 1 unspecified atom stereocenters. The van der Waals surface area contributed by atoms with Crippen LogP contribution >= 0.6 is 15.9 Å². The van der Waals surface area contributed by atoms with Crippen LogP contribution in [0.4, 0.5) is 0 Å². The van der Waals surface area contributed by atoms with Crippen molar-refractivity contribution >= 4 is 15.9 Å². The molecule has 4 heteroatoms. The van der Waals surface area contributed by atoms with Gasteiger partial charge in [0.2, 0.25) is 0 Å². The van der Waals surface area contributed by atoms with Gasteiger partial charge in [0.05, 0.1) is 11.6 Å². The molecule has 0 aliphatic carbocycles. The quantitative estimate of drug-likeness (QED) is 0.676. The second-order valence-electron chi connectivity index (χ2n) is 5.39. The van der Waals surface area contributed by atoms with E-state index in [0.717, 1.165) is 23.3 Å². The van der Waals surface area contributed by atoms with Crippen molar-refractivity contribution < 1.29 is 4.74 Å². The Morgan fingerprint density at radius 1 is 1.19 bits per heavy atom. The van der Waals surface area contributed by atoms with Gasteiger partial charge in [-0.1, -0.05) is 32.8 Å². The summed E-state index contributed by atoms with van der Waals surface area (Å²) in [5.74, 6) is 0.864. The number of hydrogen-bond donors (Lipinski definition) is 1. The first-order valence-corrected chi connectivity index (χ1v) is 8.74. The molecule has 0 aliphatic heterocycles. The lowest BCUT2D eigenvalue weighted by Crippen LogP contribution is -2.35. The van der Waals surface area contributed by atoms with Crippen molar-refractivity contribution in [3.63, 3.8) is 0 Å². The summed E-state index contributed by atoms with van der Waals surface area (Å²) < 4.78 is 6.30. The van der Waals surface area contributed by atoms with Gasteiger partial charge in [0.25, 0.3) is 0 Å². The highest BCUT2D eigenvalue weighted by Gasteiger charge is 2.19. The van der Waals surface area contributed by atoms with E-state index in [4.69, 9.17) is 10.5 Å². The molecule has 0 saturated heterocycles. The topological polar surface area (TPSA) is 38.5 Å². The van der Waals surface area contributed by atoms with Gasteiger partial charge in [0.1, 0.15) is 5.75 Å². The minimum atomic E-state index is 0.283. The van der Waals surface area contributed by atoms with Crippen molar-refractivity contribution in [3.8, 4) is 5.75 Å². The predicted molar refractivity (Wildman–Crippen MR) is 93.9 cm³/mol. The molecule has 1 aromatic rings. The molecule has 0 heterocycles. The average molecular weight is 357 g/mol. The van der Waals surface area contributed by atoms with E-state index in [1.54, 1.807) is 7.11 Å². The first kappa shape index (κ1) is 18.5.